The zero-order chi connectivity index (χ0) is 10.0. The van der Waals surface area contributed by atoms with Crippen LogP contribution in [0, 0.1) is 0 Å². The smallest absolute Gasteiger partial charge is 0.162 e. The second-order valence-corrected chi connectivity index (χ2v) is 4.62. The molecular weight excluding hydrogens is 319 g/mol. The number of rotatable bonds is 2. The van der Waals surface area contributed by atoms with Gasteiger partial charge in [0.05, 0.1) is 5.02 Å². The van der Waals surface area contributed by atoms with Gasteiger partial charge in [0.25, 0.3) is 0 Å². The van der Waals surface area contributed by atoms with E-state index in [1.165, 1.54) is 0 Å². The molecule has 70 valence electrons. The molecule has 0 aliphatic rings. The molecule has 0 aliphatic carbocycles. The van der Waals surface area contributed by atoms with Gasteiger partial charge in [-0.15, -0.1) is 0 Å². The van der Waals surface area contributed by atoms with Crippen LogP contribution in [0.2, 0.25) is 5.02 Å². The maximum Gasteiger partial charge on any atom is 0.162 e. The van der Waals surface area contributed by atoms with Crippen molar-refractivity contribution in [2.24, 2.45) is 0 Å². The molecule has 1 nitrogen and oxygen atoms in total. The van der Waals surface area contributed by atoms with Gasteiger partial charge in [-0.3, -0.25) is 4.79 Å². The van der Waals surface area contributed by atoms with Crippen molar-refractivity contribution in [1.29, 1.82) is 0 Å². The van der Waals surface area contributed by atoms with Gasteiger partial charge in [-0.1, -0.05) is 18.5 Å². The van der Waals surface area contributed by atoms with Gasteiger partial charge in [0, 0.05) is 20.9 Å². The van der Waals surface area contributed by atoms with Crippen molar-refractivity contribution in [2.45, 2.75) is 13.3 Å². The second-order valence-electron chi connectivity index (χ2n) is 2.53. The summed E-state index contributed by atoms with van der Waals surface area (Å²) in [4.78, 5) is 11.3. The molecule has 4 heteroatoms. The Morgan fingerprint density at radius 1 is 1.38 bits per heavy atom. The third-order valence-corrected chi connectivity index (χ3v) is 3.74. The quantitative estimate of drug-likeness (QED) is 0.579. The highest BCUT2D eigenvalue weighted by Crippen LogP contribution is 2.32. The highest BCUT2D eigenvalue weighted by atomic mass is 79.9. The predicted octanol–water partition coefficient (Wildman–Crippen LogP) is 4.46. The molecule has 0 fully saturated rings. The summed E-state index contributed by atoms with van der Waals surface area (Å²) in [6.45, 7) is 1.83. The van der Waals surface area contributed by atoms with Crippen molar-refractivity contribution < 1.29 is 4.79 Å². The van der Waals surface area contributed by atoms with Crippen LogP contribution in [0.5, 0.6) is 0 Å². The van der Waals surface area contributed by atoms with Gasteiger partial charge >= 0.3 is 0 Å². The molecule has 0 saturated heterocycles. The third kappa shape index (κ3) is 2.55. The maximum atomic E-state index is 11.3. The first-order valence-electron chi connectivity index (χ1n) is 3.74. The molecule has 1 aromatic carbocycles. The van der Waals surface area contributed by atoms with E-state index in [2.05, 4.69) is 31.9 Å². The van der Waals surface area contributed by atoms with Crippen molar-refractivity contribution in [2.75, 3.05) is 0 Å². The molecule has 0 atom stereocenters. The zero-order valence-corrected chi connectivity index (χ0v) is 10.8. The summed E-state index contributed by atoms with van der Waals surface area (Å²) in [6.07, 6.45) is 0.501. The van der Waals surface area contributed by atoms with Gasteiger partial charge in [-0.25, -0.2) is 0 Å². The SMILES string of the molecule is CCC(=O)c1cc(Br)c(Cl)c(Br)c1. The number of carbonyl (C=O) groups excluding carboxylic acids is 1. The second kappa shape index (κ2) is 4.58. The zero-order valence-electron chi connectivity index (χ0n) is 6.90. The van der Waals surface area contributed by atoms with Gasteiger partial charge in [-0.05, 0) is 44.0 Å². The lowest BCUT2D eigenvalue weighted by Gasteiger charge is -2.03. The summed E-state index contributed by atoms with van der Waals surface area (Å²) in [7, 11) is 0. The molecule has 0 saturated carbocycles. The average molecular weight is 326 g/mol. The molecule has 0 radical (unpaired) electrons. The molecule has 0 unspecified atom stereocenters. The highest BCUT2D eigenvalue weighted by molar-refractivity contribution is 9.11. The van der Waals surface area contributed by atoms with E-state index in [0.717, 1.165) is 8.95 Å². The molecule has 0 heterocycles. The normalized spacial score (nSPS) is 10.2. The standard InChI is InChI=1S/C9H7Br2ClO/c1-2-8(13)5-3-6(10)9(12)7(11)4-5/h3-4H,2H2,1H3. The molecule has 0 N–H and O–H groups in total. The van der Waals surface area contributed by atoms with Crippen LogP contribution in [0.3, 0.4) is 0 Å². The van der Waals surface area contributed by atoms with Gasteiger partial charge < -0.3 is 0 Å². The molecule has 0 amide bonds. The minimum atomic E-state index is 0.109. The van der Waals surface area contributed by atoms with Gasteiger partial charge in [0.2, 0.25) is 0 Å². The Kier molecular flexibility index (Phi) is 3.95. The molecule has 1 aromatic rings. The number of carbonyl (C=O) groups is 1. The Bertz CT molecular complexity index is 326. The lowest BCUT2D eigenvalue weighted by atomic mass is 10.1. The molecule has 0 bridgehead atoms. The molecule has 0 aliphatic heterocycles. The third-order valence-electron chi connectivity index (χ3n) is 1.63. The van der Waals surface area contributed by atoms with Crippen LogP contribution in [-0.4, -0.2) is 5.78 Å². The molecule has 1 rings (SSSR count). The summed E-state index contributed by atoms with van der Waals surface area (Å²) < 4.78 is 1.47. The van der Waals surface area contributed by atoms with Crippen LogP contribution < -0.4 is 0 Å². The minimum absolute atomic E-state index is 0.109. The number of halogens is 3. The summed E-state index contributed by atoms with van der Waals surface area (Å²) in [5, 5.41) is 0.590. The van der Waals surface area contributed by atoms with Crippen LogP contribution in [-0.2, 0) is 0 Å². The van der Waals surface area contributed by atoms with E-state index in [1.807, 2.05) is 6.92 Å². The Labute approximate surface area is 98.7 Å². The molecule has 13 heavy (non-hydrogen) atoms. The monoisotopic (exact) mass is 324 g/mol. The van der Waals surface area contributed by atoms with E-state index in [-0.39, 0.29) is 5.78 Å². The Hall–Kier alpha value is 0.140. The summed E-state index contributed by atoms with van der Waals surface area (Å²) in [5.41, 5.74) is 0.672. The van der Waals surface area contributed by atoms with Crippen LogP contribution in [0.25, 0.3) is 0 Å². The van der Waals surface area contributed by atoms with E-state index in [1.54, 1.807) is 12.1 Å². The summed E-state index contributed by atoms with van der Waals surface area (Å²) >= 11 is 12.5. The molecule has 0 spiro atoms. The topological polar surface area (TPSA) is 17.1 Å². The van der Waals surface area contributed by atoms with Crippen molar-refractivity contribution >= 4 is 49.2 Å². The van der Waals surface area contributed by atoms with E-state index in [9.17, 15) is 4.79 Å². The highest BCUT2D eigenvalue weighted by Gasteiger charge is 2.09. The van der Waals surface area contributed by atoms with Crippen molar-refractivity contribution in [3.8, 4) is 0 Å². The fraction of sp³-hybridized carbons (Fsp3) is 0.222. The first-order valence-corrected chi connectivity index (χ1v) is 5.70. The Morgan fingerprint density at radius 2 is 1.85 bits per heavy atom. The van der Waals surface area contributed by atoms with Crippen LogP contribution in [0.4, 0.5) is 0 Å². The number of Topliss-reactive ketones (excluding diaryl/α,β-unsaturated/α-hetero) is 1. The van der Waals surface area contributed by atoms with E-state index in [0.29, 0.717) is 17.0 Å². The fourth-order valence-corrected chi connectivity index (χ4v) is 2.22. The van der Waals surface area contributed by atoms with Crippen LogP contribution >= 0.6 is 43.5 Å². The Morgan fingerprint density at radius 3 is 2.23 bits per heavy atom. The van der Waals surface area contributed by atoms with Gasteiger partial charge in [0.15, 0.2) is 5.78 Å². The predicted molar refractivity (Wildman–Crippen MR) is 61.5 cm³/mol. The lowest BCUT2D eigenvalue weighted by molar-refractivity contribution is 0.0988. The number of benzene rings is 1. The number of hydrogen-bond acceptors (Lipinski definition) is 1. The van der Waals surface area contributed by atoms with Gasteiger partial charge in [-0.2, -0.15) is 0 Å². The average Bonchev–Trinajstić information content (AvgIpc) is 2.12. The van der Waals surface area contributed by atoms with E-state index >= 15 is 0 Å². The minimum Gasteiger partial charge on any atom is -0.294 e. The van der Waals surface area contributed by atoms with Crippen molar-refractivity contribution in [3.05, 3.63) is 31.7 Å². The largest absolute Gasteiger partial charge is 0.294 e. The van der Waals surface area contributed by atoms with Crippen molar-refractivity contribution in [1.82, 2.24) is 0 Å². The first-order chi connectivity index (χ1) is 6.06. The van der Waals surface area contributed by atoms with E-state index in [4.69, 9.17) is 11.6 Å². The lowest BCUT2D eigenvalue weighted by Crippen LogP contribution is -1.96. The van der Waals surface area contributed by atoms with Crippen LogP contribution in [0.1, 0.15) is 23.7 Å². The molecule has 0 aromatic heterocycles. The van der Waals surface area contributed by atoms with Crippen LogP contribution in [0.15, 0.2) is 21.1 Å². The first kappa shape index (κ1) is 11.2. The van der Waals surface area contributed by atoms with E-state index < -0.39 is 0 Å². The maximum absolute atomic E-state index is 11.3. The summed E-state index contributed by atoms with van der Waals surface area (Å²) in [6, 6.07) is 3.47. The van der Waals surface area contributed by atoms with Gasteiger partial charge in [0.1, 0.15) is 0 Å². The fourth-order valence-electron chi connectivity index (χ4n) is 0.921. The Balaban J connectivity index is 3.20. The summed E-state index contributed by atoms with van der Waals surface area (Å²) in [5.74, 6) is 0.109. The molecular formula is C9H7Br2ClO. The number of hydrogen-bond donors (Lipinski definition) is 0. The van der Waals surface area contributed by atoms with Crippen molar-refractivity contribution in [3.63, 3.8) is 0 Å². The number of ketones is 1.